The number of nitrogens with zero attached hydrogens (tertiary/aromatic N) is 1. The Hall–Kier alpha value is -0.670. The Labute approximate surface area is 127 Å². The van der Waals surface area contributed by atoms with Crippen molar-refractivity contribution in [3.63, 3.8) is 0 Å². The number of amides is 1. The quantitative estimate of drug-likeness (QED) is 0.820. The van der Waals surface area contributed by atoms with Gasteiger partial charge in [-0.05, 0) is 25.1 Å². The summed E-state index contributed by atoms with van der Waals surface area (Å²) in [7, 11) is -1.98. The van der Waals surface area contributed by atoms with E-state index in [1.807, 2.05) is 0 Å². The Morgan fingerprint density at radius 1 is 1.60 bits per heavy atom. The molecule has 6 nitrogen and oxygen atoms in total. The standard InChI is InChI=1S/C11H16ClN3O3S2/c1-15(8-4-5-13-6-8)10(16)7-14-20(17,18)11-3-2-9(12)19-11/h2-3,8,13-14H,4-7H2,1H3. The molecule has 1 aliphatic rings. The summed E-state index contributed by atoms with van der Waals surface area (Å²) in [6.07, 6.45) is 0.884. The number of sulfonamides is 1. The third-order valence-electron chi connectivity index (χ3n) is 3.20. The number of hydrogen-bond donors (Lipinski definition) is 2. The van der Waals surface area contributed by atoms with E-state index in [0.29, 0.717) is 4.34 Å². The average Bonchev–Trinajstić information content (AvgIpc) is 3.06. The summed E-state index contributed by atoms with van der Waals surface area (Å²) in [5, 5.41) is 3.16. The molecule has 2 rings (SSSR count). The highest BCUT2D eigenvalue weighted by atomic mass is 35.5. The van der Waals surface area contributed by atoms with Crippen LogP contribution >= 0.6 is 22.9 Å². The number of hydrogen-bond acceptors (Lipinski definition) is 5. The summed E-state index contributed by atoms with van der Waals surface area (Å²) in [4.78, 5) is 13.5. The van der Waals surface area contributed by atoms with Gasteiger partial charge in [0.15, 0.2) is 0 Å². The van der Waals surface area contributed by atoms with Crippen molar-refractivity contribution in [2.45, 2.75) is 16.7 Å². The smallest absolute Gasteiger partial charge is 0.250 e. The van der Waals surface area contributed by atoms with Gasteiger partial charge in [0.05, 0.1) is 10.9 Å². The molecule has 0 aliphatic carbocycles. The van der Waals surface area contributed by atoms with E-state index in [9.17, 15) is 13.2 Å². The Balaban J connectivity index is 1.92. The van der Waals surface area contributed by atoms with Crippen LogP contribution in [0.15, 0.2) is 16.3 Å². The molecule has 1 aliphatic heterocycles. The van der Waals surface area contributed by atoms with Crippen LogP contribution in [-0.4, -0.2) is 51.9 Å². The molecular weight excluding hydrogens is 322 g/mol. The molecular formula is C11H16ClN3O3S2. The minimum Gasteiger partial charge on any atom is -0.340 e. The largest absolute Gasteiger partial charge is 0.340 e. The molecule has 1 aromatic rings. The van der Waals surface area contributed by atoms with E-state index in [0.717, 1.165) is 30.8 Å². The van der Waals surface area contributed by atoms with Gasteiger partial charge in [0, 0.05) is 19.6 Å². The lowest BCUT2D eigenvalue weighted by atomic mass is 10.2. The summed E-state index contributed by atoms with van der Waals surface area (Å²) in [6.45, 7) is 1.38. The fourth-order valence-corrected chi connectivity index (χ4v) is 4.47. The van der Waals surface area contributed by atoms with Crippen molar-refractivity contribution < 1.29 is 13.2 Å². The van der Waals surface area contributed by atoms with E-state index in [4.69, 9.17) is 11.6 Å². The van der Waals surface area contributed by atoms with Gasteiger partial charge in [-0.2, -0.15) is 0 Å². The SMILES string of the molecule is CN(C(=O)CNS(=O)(=O)c1ccc(Cl)s1)C1CCNC1. The van der Waals surface area contributed by atoms with Gasteiger partial charge in [-0.15, -0.1) is 11.3 Å². The molecule has 20 heavy (non-hydrogen) atoms. The van der Waals surface area contributed by atoms with Gasteiger partial charge in [0.25, 0.3) is 10.0 Å². The van der Waals surface area contributed by atoms with Crippen molar-refractivity contribution >= 4 is 38.9 Å². The summed E-state index contributed by atoms with van der Waals surface area (Å²) in [5.74, 6) is -0.245. The van der Waals surface area contributed by atoms with Crippen molar-refractivity contribution in [3.05, 3.63) is 16.5 Å². The zero-order valence-corrected chi connectivity index (χ0v) is 13.3. The van der Waals surface area contributed by atoms with E-state index in [-0.39, 0.29) is 22.7 Å². The average molecular weight is 338 g/mol. The summed E-state index contributed by atoms with van der Waals surface area (Å²) < 4.78 is 26.7. The minimum absolute atomic E-state index is 0.112. The first-order valence-corrected chi connectivity index (χ1v) is 8.79. The minimum atomic E-state index is -3.67. The second-order valence-corrected chi connectivity index (χ2v) is 8.24. The molecule has 0 spiro atoms. The molecule has 0 saturated carbocycles. The lowest BCUT2D eigenvalue weighted by Gasteiger charge is -2.23. The van der Waals surface area contributed by atoms with Gasteiger partial charge in [0.1, 0.15) is 4.21 Å². The van der Waals surface area contributed by atoms with Crippen LogP contribution < -0.4 is 10.0 Å². The van der Waals surface area contributed by atoms with Crippen molar-refractivity contribution in [2.75, 3.05) is 26.7 Å². The fourth-order valence-electron chi connectivity index (χ4n) is 1.97. The van der Waals surface area contributed by atoms with Gasteiger partial charge in [0.2, 0.25) is 5.91 Å². The molecule has 1 atom stereocenters. The highest BCUT2D eigenvalue weighted by Crippen LogP contribution is 2.25. The van der Waals surface area contributed by atoms with Crippen LogP contribution in [0, 0.1) is 0 Å². The summed E-state index contributed by atoms with van der Waals surface area (Å²) in [5.41, 5.74) is 0. The first kappa shape index (κ1) is 15.7. The van der Waals surface area contributed by atoms with Crippen LogP contribution in [-0.2, 0) is 14.8 Å². The monoisotopic (exact) mass is 337 g/mol. The topological polar surface area (TPSA) is 78.5 Å². The highest BCUT2D eigenvalue weighted by Gasteiger charge is 2.24. The molecule has 0 bridgehead atoms. The normalized spacial score (nSPS) is 19.2. The molecule has 9 heteroatoms. The van der Waals surface area contributed by atoms with Crippen LogP contribution in [0.1, 0.15) is 6.42 Å². The van der Waals surface area contributed by atoms with E-state index >= 15 is 0 Å². The molecule has 1 unspecified atom stereocenters. The number of thiophene rings is 1. The maximum absolute atomic E-state index is 12.0. The van der Waals surface area contributed by atoms with Gasteiger partial charge in [-0.1, -0.05) is 11.6 Å². The van der Waals surface area contributed by atoms with Gasteiger partial charge in [-0.3, -0.25) is 4.79 Å². The maximum Gasteiger partial charge on any atom is 0.250 e. The summed E-state index contributed by atoms with van der Waals surface area (Å²) >= 11 is 6.67. The fraction of sp³-hybridized carbons (Fsp3) is 0.545. The van der Waals surface area contributed by atoms with Gasteiger partial charge >= 0.3 is 0 Å². The van der Waals surface area contributed by atoms with E-state index < -0.39 is 10.0 Å². The molecule has 1 aromatic heterocycles. The Bertz CT molecular complexity index is 581. The second-order valence-electron chi connectivity index (χ2n) is 4.53. The van der Waals surface area contributed by atoms with Crippen molar-refractivity contribution in [2.24, 2.45) is 0 Å². The third kappa shape index (κ3) is 3.70. The Kier molecular flexibility index (Phi) is 5.03. The predicted octanol–water partition coefficient (Wildman–Crippen LogP) is 0.500. The lowest BCUT2D eigenvalue weighted by molar-refractivity contribution is -0.130. The van der Waals surface area contributed by atoms with Crippen LogP contribution in [0.4, 0.5) is 0 Å². The molecule has 2 N–H and O–H groups in total. The first-order chi connectivity index (χ1) is 9.40. The number of carbonyl (C=O) groups excluding carboxylic acids is 1. The third-order valence-corrected chi connectivity index (χ3v) is 6.33. The van der Waals surface area contributed by atoms with Gasteiger partial charge in [-0.25, -0.2) is 13.1 Å². The number of rotatable bonds is 5. The molecule has 0 radical (unpaired) electrons. The number of halogens is 1. The lowest BCUT2D eigenvalue weighted by Crippen LogP contribution is -2.44. The molecule has 2 heterocycles. The number of likely N-dealkylation sites (N-methyl/N-ethyl adjacent to an activating group) is 1. The zero-order chi connectivity index (χ0) is 14.8. The second kappa shape index (κ2) is 6.40. The molecule has 0 aromatic carbocycles. The number of nitrogens with one attached hydrogen (secondary N) is 2. The van der Waals surface area contributed by atoms with Crippen molar-refractivity contribution in [3.8, 4) is 0 Å². The zero-order valence-electron chi connectivity index (χ0n) is 10.9. The highest BCUT2D eigenvalue weighted by molar-refractivity contribution is 7.91. The molecule has 112 valence electrons. The Morgan fingerprint density at radius 3 is 2.90 bits per heavy atom. The maximum atomic E-state index is 12.0. The van der Waals surface area contributed by atoms with Crippen molar-refractivity contribution in [1.82, 2.24) is 14.9 Å². The van der Waals surface area contributed by atoms with Crippen LogP contribution in [0.5, 0.6) is 0 Å². The van der Waals surface area contributed by atoms with E-state index in [1.165, 1.54) is 12.1 Å². The van der Waals surface area contributed by atoms with E-state index in [2.05, 4.69) is 10.0 Å². The van der Waals surface area contributed by atoms with Gasteiger partial charge < -0.3 is 10.2 Å². The summed E-state index contributed by atoms with van der Waals surface area (Å²) in [6, 6.07) is 3.06. The predicted molar refractivity (Wildman–Crippen MR) is 78.6 cm³/mol. The van der Waals surface area contributed by atoms with Crippen LogP contribution in [0.2, 0.25) is 4.34 Å². The molecule has 1 amide bonds. The molecule has 1 fully saturated rings. The number of carbonyl (C=O) groups is 1. The molecule has 1 saturated heterocycles. The van der Waals surface area contributed by atoms with E-state index in [1.54, 1.807) is 11.9 Å². The van der Waals surface area contributed by atoms with Crippen LogP contribution in [0.3, 0.4) is 0 Å². The Morgan fingerprint density at radius 2 is 2.35 bits per heavy atom. The first-order valence-electron chi connectivity index (χ1n) is 6.11. The van der Waals surface area contributed by atoms with Crippen LogP contribution in [0.25, 0.3) is 0 Å². The van der Waals surface area contributed by atoms with Crippen molar-refractivity contribution in [1.29, 1.82) is 0 Å².